The number of ether oxygens (including phenoxy) is 3. The second-order valence-corrected chi connectivity index (χ2v) is 7.46. The summed E-state index contributed by atoms with van der Waals surface area (Å²) in [6.45, 7) is 0. The van der Waals surface area contributed by atoms with Gasteiger partial charge in [-0.05, 0) is 30.5 Å². The molecule has 1 aliphatic carbocycles. The molecule has 0 spiro atoms. The van der Waals surface area contributed by atoms with Crippen molar-refractivity contribution in [2.75, 3.05) is 26.6 Å². The number of amides is 1. The molecule has 0 unspecified atom stereocenters. The van der Waals surface area contributed by atoms with Crippen LogP contribution in [0.4, 0.5) is 5.69 Å². The van der Waals surface area contributed by atoms with Crippen molar-refractivity contribution in [3.8, 4) is 17.2 Å². The molecule has 28 heavy (non-hydrogen) atoms. The molecule has 150 valence electrons. The van der Waals surface area contributed by atoms with Crippen LogP contribution in [-0.4, -0.2) is 27.2 Å². The monoisotopic (exact) mass is 403 g/mol. The van der Waals surface area contributed by atoms with E-state index in [1.54, 1.807) is 33.5 Å². The molecule has 1 saturated carbocycles. The third-order valence-corrected chi connectivity index (χ3v) is 5.68. The number of rotatable bonds is 6. The number of hydrogen-bond acceptors (Lipinski definition) is 4. The number of carbonyl (C=O) groups is 1. The maximum absolute atomic E-state index is 13.5. The summed E-state index contributed by atoms with van der Waals surface area (Å²) >= 11 is 6.22. The number of methoxy groups -OCH3 is 3. The van der Waals surface area contributed by atoms with Crippen LogP contribution in [0.1, 0.15) is 37.7 Å². The molecule has 5 nitrogen and oxygen atoms in total. The molecule has 1 amide bonds. The van der Waals surface area contributed by atoms with Gasteiger partial charge in [0.2, 0.25) is 11.7 Å². The van der Waals surface area contributed by atoms with Gasteiger partial charge in [0.25, 0.3) is 0 Å². The Morgan fingerprint density at radius 3 is 2.14 bits per heavy atom. The van der Waals surface area contributed by atoms with Crippen LogP contribution in [0.5, 0.6) is 17.2 Å². The van der Waals surface area contributed by atoms with E-state index >= 15 is 0 Å². The first-order valence-corrected chi connectivity index (χ1v) is 9.79. The van der Waals surface area contributed by atoms with Crippen molar-refractivity contribution in [2.24, 2.45) is 0 Å². The van der Waals surface area contributed by atoms with Crippen molar-refractivity contribution in [3.05, 3.63) is 47.0 Å². The predicted octanol–water partition coefficient (Wildman–Crippen LogP) is 5.21. The third kappa shape index (κ3) is 3.90. The van der Waals surface area contributed by atoms with Crippen LogP contribution < -0.4 is 19.5 Å². The number of carbonyl (C=O) groups excluding carboxylic acids is 1. The first-order chi connectivity index (χ1) is 13.5. The van der Waals surface area contributed by atoms with Gasteiger partial charge in [-0.3, -0.25) is 4.79 Å². The van der Waals surface area contributed by atoms with Gasteiger partial charge in [0.05, 0.1) is 26.7 Å². The Kier molecular flexibility index (Phi) is 6.35. The molecule has 0 saturated heterocycles. The van der Waals surface area contributed by atoms with Gasteiger partial charge in [-0.15, -0.1) is 0 Å². The molecule has 3 rings (SSSR count). The summed E-state index contributed by atoms with van der Waals surface area (Å²) in [5, 5.41) is 3.72. The van der Waals surface area contributed by atoms with Gasteiger partial charge in [0.1, 0.15) is 0 Å². The lowest BCUT2D eigenvalue weighted by Crippen LogP contribution is -2.42. The number of nitrogens with one attached hydrogen (secondary N) is 1. The Morgan fingerprint density at radius 2 is 1.61 bits per heavy atom. The topological polar surface area (TPSA) is 56.8 Å². The molecule has 0 aromatic heterocycles. The van der Waals surface area contributed by atoms with Crippen molar-refractivity contribution in [1.82, 2.24) is 0 Å². The zero-order valence-corrected chi connectivity index (χ0v) is 17.3. The molecule has 1 aliphatic rings. The maximum atomic E-state index is 13.5. The average molecular weight is 404 g/mol. The smallest absolute Gasteiger partial charge is 0.235 e. The Hall–Kier alpha value is -2.40. The van der Waals surface area contributed by atoms with Crippen molar-refractivity contribution < 1.29 is 19.0 Å². The highest BCUT2D eigenvalue weighted by atomic mass is 35.5. The van der Waals surface area contributed by atoms with Crippen LogP contribution in [0.25, 0.3) is 0 Å². The number of anilines is 1. The predicted molar refractivity (Wildman–Crippen MR) is 111 cm³/mol. The van der Waals surface area contributed by atoms with Crippen molar-refractivity contribution >= 4 is 23.2 Å². The van der Waals surface area contributed by atoms with Gasteiger partial charge in [-0.25, -0.2) is 0 Å². The fraction of sp³-hybridized carbons (Fsp3) is 0.409. The van der Waals surface area contributed by atoms with E-state index in [0.717, 1.165) is 37.7 Å². The fourth-order valence-corrected chi connectivity index (χ4v) is 4.18. The minimum atomic E-state index is -0.594. The summed E-state index contributed by atoms with van der Waals surface area (Å²) < 4.78 is 16.2. The van der Waals surface area contributed by atoms with Crippen molar-refractivity contribution in [1.29, 1.82) is 0 Å². The zero-order chi connectivity index (χ0) is 20.1. The van der Waals surface area contributed by atoms with Crippen LogP contribution in [0.2, 0.25) is 5.02 Å². The SMILES string of the molecule is COc1cc(NC(=O)C2(c3cccc(Cl)c3)CCCCC2)cc(OC)c1OC. The number of halogens is 1. The first kappa shape index (κ1) is 20.3. The molecular weight excluding hydrogens is 378 g/mol. The molecule has 1 fully saturated rings. The molecule has 0 radical (unpaired) electrons. The molecule has 0 heterocycles. The summed E-state index contributed by atoms with van der Waals surface area (Å²) in [6.07, 6.45) is 4.75. The lowest BCUT2D eigenvalue weighted by atomic mass is 9.68. The molecule has 2 aromatic carbocycles. The van der Waals surface area contributed by atoms with E-state index < -0.39 is 5.41 Å². The van der Waals surface area contributed by atoms with E-state index in [4.69, 9.17) is 25.8 Å². The highest BCUT2D eigenvalue weighted by molar-refractivity contribution is 6.30. The van der Waals surface area contributed by atoms with Crippen LogP contribution in [0, 0.1) is 0 Å². The third-order valence-electron chi connectivity index (χ3n) is 5.44. The van der Waals surface area contributed by atoms with Gasteiger partial charge in [0, 0.05) is 22.8 Å². The minimum Gasteiger partial charge on any atom is -0.493 e. The molecule has 6 heteroatoms. The highest BCUT2D eigenvalue weighted by Crippen LogP contribution is 2.43. The fourth-order valence-electron chi connectivity index (χ4n) is 3.99. The molecule has 0 atom stereocenters. The van der Waals surface area contributed by atoms with Gasteiger partial charge < -0.3 is 19.5 Å². The second-order valence-electron chi connectivity index (χ2n) is 7.02. The molecule has 0 bridgehead atoms. The van der Waals surface area contributed by atoms with Gasteiger partial charge in [-0.1, -0.05) is 43.0 Å². The summed E-state index contributed by atoms with van der Waals surface area (Å²) in [6, 6.07) is 11.1. The molecular formula is C22H26ClNO4. The highest BCUT2D eigenvalue weighted by Gasteiger charge is 2.41. The van der Waals surface area contributed by atoms with Crippen molar-refractivity contribution in [3.63, 3.8) is 0 Å². The average Bonchev–Trinajstić information content (AvgIpc) is 2.73. The Morgan fingerprint density at radius 1 is 0.964 bits per heavy atom. The summed E-state index contributed by atoms with van der Waals surface area (Å²) in [5.74, 6) is 1.45. The molecule has 2 aromatic rings. The van der Waals surface area contributed by atoms with E-state index in [2.05, 4.69) is 5.32 Å². The summed E-state index contributed by atoms with van der Waals surface area (Å²) in [4.78, 5) is 13.5. The Bertz CT molecular complexity index is 821. The Labute approximate surface area is 170 Å². The number of benzene rings is 2. The minimum absolute atomic E-state index is 0.0382. The van der Waals surface area contributed by atoms with E-state index in [-0.39, 0.29) is 5.91 Å². The quantitative estimate of drug-likeness (QED) is 0.719. The maximum Gasteiger partial charge on any atom is 0.235 e. The Balaban J connectivity index is 1.97. The molecule has 0 aliphatic heterocycles. The van der Waals surface area contributed by atoms with E-state index in [1.165, 1.54) is 0 Å². The number of hydrogen-bond donors (Lipinski definition) is 1. The van der Waals surface area contributed by atoms with Crippen LogP contribution in [0.3, 0.4) is 0 Å². The van der Waals surface area contributed by atoms with Gasteiger partial charge in [0.15, 0.2) is 11.5 Å². The standard InChI is InChI=1S/C22H26ClNO4/c1-26-18-13-17(14-19(27-2)20(18)28-3)24-21(25)22(10-5-4-6-11-22)15-8-7-9-16(23)12-15/h7-9,12-14H,4-6,10-11H2,1-3H3,(H,24,25). The second kappa shape index (κ2) is 8.74. The lowest BCUT2D eigenvalue weighted by molar-refractivity contribution is -0.122. The van der Waals surface area contributed by atoms with Crippen LogP contribution >= 0.6 is 11.6 Å². The van der Waals surface area contributed by atoms with Gasteiger partial charge >= 0.3 is 0 Å². The summed E-state index contributed by atoms with van der Waals surface area (Å²) in [7, 11) is 4.66. The first-order valence-electron chi connectivity index (χ1n) is 9.41. The van der Waals surface area contributed by atoms with E-state index in [9.17, 15) is 4.79 Å². The summed E-state index contributed by atoms with van der Waals surface area (Å²) in [5.41, 5.74) is 0.972. The van der Waals surface area contributed by atoms with Crippen LogP contribution in [-0.2, 0) is 10.2 Å². The van der Waals surface area contributed by atoms with Crippen molar-refractivity contribution in [2.45, 2.75) is 37.5 Å². The van der Waals surface area contributed by atoms with E-state index in [1.807, 2.05) is 24.3 Å². The lowest BCUT2D eigenvalue weighted by Gasteiger charge is -2.36. The molecule has 1 N–H and O–H groups in total. The van der Waals surface area contributed by atoms with E-state index in [0.29, 0.717) is 28.0 Å². The van der Waals surface area contributed by atoms with Crippen LogP contribution in [0.15, 0.2) is 36.4 Å². The zero-order valence-electron chi connectivity index (χ0n) is 16.5. The normalized spacial score (nSPS) is 15.6. The van der Waals surface area contributed by atoms with Gasteiger partial charge in [-0.2, -0.15) is 0 Å². The largest absolute Gasteiger partial charge is 0.493 e.